The summed E-state index contributed by atoms with van der Waals surface area (Å²) in [5, 5.41) is 22.2. The van der Waals surface area contributed by atoms with E-state index in [1.54, 1.807) is 0 Å². The normalized spacial score (nSPS) is 16.5. The predicted molar refractivity (Wildman–Crippen MR) is 62.1 cm³/mol. The number of carbonyl (C=O) groups is 1. The summed E-state index contributed by atoms with van der Waals surface area (Å²) < 4.78 is 0. The van der Waals surface area contributed by atoms with E-state index in [0.29, 0.717) is 11.4 Å². The van der Waals surface area contributed by atoms with Gasteiger partial charge in [0.1, 0.15) is 0 Å². The van der Waals surface area contributed by atoms with Crippen LogP contribution in [-0.4, -0.2) is 29.1 Å². The van der Waals surface area contributed by atoms with Gasteiger partial charge < -0.3 is 10.4 Å². The molecule has 1 aliphatic rings. The van der Waals surface area contributed by atoms with Gasteiger partial charge in [0.05, 0.1) is 16.4 Å². The molecule has 1 aromatic heterocycles. The van der Waals surface area contributed by atoms with Crippen LogP contribution in [0.2, 0.25) is 0 Å². The molecule has 0 radical (unpaired) electrons. The third kappa shape index (κ3) is 2.62. The summed E-state index contributed by atoms with van der Waals surface area (Å²) in [6.07, 6.45) is 1.82. The van der Waals surface area contributed by atoms with Gasteiger partial charge >= 0.3 is 5.00 Å². The maximum absolute atomic E-state index is 11.7. The van der Waals surface area contributed by atoms with Crippen LogP contribution in [0, 0.1) is 15.5 Å². The van der Waals surface area contributed by atoms with E-state index in [4.69, 9.17) is 5.11 Å². The minimum Gasteiger partial charge on any atom is -0.396 e. The molecule has 2 N–H and O–H groups in total. The Balaban J connectivity index is 1.93. The molecule has 0 aliphatic heterocycles. The zero-order valence-corrected chi connectivity index (χ0v) is 9.83. The number of amides is 1. The summed E-state index contributed by atoms with van der Waals surface area (Å²) in [4.78, 5) is 21.9. The van der Waals surface area contributed by atoms with Crippen LogP contribution in [0.5, 0.6) is 0 Å². The maximum atomic E-state index is 11.7. The number of hydrogen-bond acceptors (Lipinski definition) is 5. The smallest absolute Gasteiger partial charge is 0.324 e. The van der Waals surface area contributed by atoms with Crippen LogP contribution in [0.25, 0.3) is 0 Å². The lowest BCUT2D eigenvalue weighted by atomic mass is 10.1. The number of nitrogens with one attached hydrogen (secondary N) is 1. The maximum Gasteiger partial charge on any atom is 0.324 e. The van der Waals surface area contributed by atoms with Gasteiger partial charge in [0.25, 0.3) is 5.91 Å². The van der Waals surface area contributed by atoms with Gasteiger partial charge in [-0.25, -0.2) is 0 Å². The average molecular weight is 256 g/mol. The van der Waals surface area contributed by atoms with Crippen LogP contribution < -0.4 is 5.32 Å². The topological polar surface area (TPSA) is 92.5 Å². The van der Waals surface area contributed by atoms with Crippen molar-refractivity contribution in [3.63, 3.8) is 0 Å². The Kier molecular flexibility index (Phi) is 3.12. The highest BCUT2D eigenvalue weighted by Gasteiger charge is 2.42. The first-order chi connectivity index (χ1) is 8.06. The zero-order chi connectivity index (χ0) is 12.5. The minimum absolute atomic E-state index is 0.0431. The number of aliphatic hydroxyl groups is 1. The van der Waals surface area contributed by atoms with Crippen molar-refractivity contribution in [3.05, 3.63) is 27.1 Å². The molecule has 7 heteroatoms. The second kappa shape index (κ2) is 4.42. The van der Waals surface area contributed by atoms with Gasteiger partial charge in [-0.15, -0.1) is 0 Å². The molecule has 17 heavy (non-hydrogen) atoms. The molecule has 0 atom stereocenters. The Morgan fingerprint density at radius 2 is 2.29 bits per heavy atom. The molecule has 0 bridgehead atoms. The second-order valence-corrected chi connectivity index (χ2v) is 5.30. The third-order valence-electron chi connectivity index (χ3n) is 2.91. The highest BCUT2D eigenvalue weighted by Crippen LogP contribution is 2.44. The molecule has 2 rings (SSSR count). The molecule has 6 nitrogen and oxygen atoms in total. The SMILES string of the molecule is O=C(NCC1(CO)CC1)c1ccc([N+](=O)[O-])s1. The first kappa shape index (κ1) is 12.0. The summed E-state index contributed by atoms with van der Waals surface area (Å²) in [5.41, 5.74) is -0.154. The van der Waals surface area contributed by atoms with E-state index in [1.165, 1.54) is 12.1 Å². The Morgan fingerprint density at radius 1 is 1.59 bits per heavy atom. The first-order valence-electron chi connectivity index (χ1n) is 5.20. The molecular formula is C10H12N2O4S. The van der Waals surface area contributed by atoms with E-state index in [9.17, 15) is 14.9 Å². The summed E-state index contributed by atoms with van der Waals surface area (Å²) in [5.74, 6) is -0.317. The van der Waals surface area contributed by atoms with Crippen molar-refractivity contribution in [2.75, 3.05) is 13.2 Å². The fraction of sp³-hybridized carbons (Fsp3) is 0.500. The standard InChI is InChI=1S/C10H12N2O4S/c13-6-10(3-4-10)5-11-9(14)7-1-2-8(17-7)12(15)16/h1-2,13H,3-6H2,(H,11,14). The molecule has 1 fully saturated rings. The molecule has 0 saturated heterocycles. The Hall–Kier alpha value is -1.47. The number of nitro groups is 1. The fourth-order valence-corrected chi connectivity index (χ4v) is 2.21. The molecule has 1 heterocycles. The van der Waals surface area contributed by atoms with Crippen molar-refractivity contribution >= 4 is 22.2 Å². The molecule has 1 aliphatic carbocycles. The summed E-state index contributed by atoms with van der Waals surface area (Å²) in [6.45, 7) is 0.492. The number of aliphatic hydroxyl groups excluding tert-OH is 1. The minimum atomic E-state index is -0.516. The number of nitrogens with zero attached hydrogens (tertiary/aromatic N) is 1. The van der Waals surface area contributed by atoms with Gasteiger partial charge in [-0.3, -0.25) is 14.9 Å². The molecule has 0 aromatic carbocycles. The van der Waals surface area contributed by atoms with Gasteiger partial charge in [0.2, 0.25) is 0 Å². The number of rotatable bonds is 5. The number of carbonyl (C=O) groups excluding carboxylic acids is 1. The Labute approximate surface area is 101 Å². The van der Waals surface area contributed by atoms with Gasteiger partial charge in [-0.05, 0) is 18.9 Å². The summed E-state index contributed by atoms with van der Waals surface area (Å²) >= 11 is 0.854. The Bertz CT molecular complexity index is 453. The van der Waals surface area contributed by atoms with Gasteiger partial charge in [0, 0.05) is 18.0 Å². The molecule has 0 spiro atoms. The monoisotopic (exact) mass is 256 g/mol. The number of thiophene rings is 1. The van der Waals surface area contributed by atoms with Crippen LogP contribution >= 0.6 is 11.3 Å². The van der Waals surface area contributed by atoms with E-state index in [1.807, 2.05) is 0 Å². The van der Waals surface area contributed by atoms with Crippen molar-refractivity contribution in [1.82, 2.24) is 5.32 Å². The lowest BCUT2D eigenvalue weighted by Gasteiger charge is -2.11. The van der Waals surface area contributed by atoms with Crippen LogP contribution in [0.4, 0.5) is 5.00 Å². The fourth-order valence-electron chi connectivity index (χ4n) is 1.47. The van der Waals surface area contributed by atoms with Crippen LogP contribution in [-0.2, 0) is 0 Å². The van der Waals surface area contributed by atoms with Gasteiger partial charge in [0.15, 0.2) is 0 Å². The van der Waals surface area contributed by atoms with E-state index < -0.39 is 4.92 Å². The largest absolute Gasteiger partial charge is 0.396 e. The average Bonchev–Trinajstić information content (AvgIpc) is 2.92. The van der Waals surface area contributed by atoms with Gasteiger partial charge in [-0.1, -0.05) is 11.3 Å². The summed E-state index contributed by atoms with van der Waals surface area (Å²) in [7, 11) is 0. The second-order valence-electron chi connectivity index (χ2n) is 4.24. The highest BCUT2D eigenvalue weighted by atomic mass is 32.1. The molecule has 1 amide bonds. The van der Waals surface area contributed by atoms with Crippen LogP contribution in [0.1, 0.15) is 22.5 Å². The van der Waals surface area contributed by atoms with Crippen LogP contribution in [0.15, 0.2) is 12.1 Å². The third-order valence-corrected chi connectivity index (χ3v) is 3.95. The molecule has 0 unspecified atom stereocenters. The van der Waals surface area contributed by atoms with Gasteiger partial charge in [-0.2, -0.15) is 0 Å². The Morgan fingerprint density at radius 3 is 2.76 bits per heavy atom. The summed E-state index contributed by atoms with van der Waals surface area (Å²) in [6, 6.07) is 2.76. The lowest BCUT2D eigenvalue weighted by Crippen LogP contribution is -2.31. The zero-order valence-electron chi connectivity index (χ0n) is 9.01. The highest BCUT2D eigenvalue weighted by molar-refractivity contribution is 7.17. The van der Waals surface area contributed by atoms with E-state index in [-0.39, 0.29) is 22.9 Å². The molecule has 1 aromatic rings. The van der Waals surface area contributed by atoms with Crippen molar-refractivity contribution in [2.45, 2.75) is 12.8 Å². The quantitative estimate of drug-likeness (QED) is 0.610. The molecule has 1 saturated carbocycles. The molecular weight excluding hydrogens is 244 g/mol. The van der Waals surface area contributed by atoms with Crippen molar-refractivity contribution in [1.29, 1.82) is 0 Å². The van der Waals surface area contributed by atoms with E-state index >= 15 is 0 Å². The van der Waals surface area contributed by atoms with Crippen molar-refractivity contribution < 1.29 is 14.8 Å². The number of hydrogen-bond donors (Lipinski definition) is 2. The van der Waals surface area contributed by atoms with Crippen molar-refractivity contribution in [3.8, 4) is 0 Å². The predicted octanol–water partition coefficient (Wildman–Crippen LogP) is 1.16. The van der Waals surface area contributed by atoms with E-state index in [0.717, 1.165) is 24.2 Å². The van der Waals surface area contributed by atoms with Crippen molar-refractivity contribution in [2.24, 2.45) is 5.41 Å². The molecule has 92 valence electrons. The first-order valence-corrected chi connectivity index (χ1v) is 6.01. The van der Waals surface area contributed by atoms with Crippen LogP contribution in [0.3, 0.4) is 0 Å². The van der Waals surface area contributed by atoms with E-state index in [2.05, 4.69) is 5.32 Å². The lowest BCUT2D eigenvalue weighted by molar-refractivity contribution is -0.380.